The Kier molecular flexibility index (Phi) is 6.34. The molecule has 11 heteroatoms. The zero-order valence-electron chi connectivity index (χ0n) is 19.8. The number of halogens is 1. The van der Waals surface area contributed by atoms with Crippen LogP contribution in [0.3, 0.4) is 0 Å². The SMILES string of the molecule is Cc1nc(N)nc(C)c1CNc1ncnc2nn(Cc3ccc(Cc4[nH]c(=O)ccc4Cl)cc3)cc12. The lowest BCUT2D eigenvalue weighted by Gasteiger charge is -2.11. The summed E-state index contributed by atoms with van der Waals surface area (Å²) in [6.45, 7) is 4.90. The zero-order valence-corrected chi connectivity index (χ0v) is 20.5. The minimum absolute atomic E-state index is 0.166. The molecule has 4 N–H and O–H groups in total. The van der Waals surface area contributed by atoms with Crippen LogP contribution in [0.5, 0.6) is 0 Å². The first-order valence-electron chi connectivity index (χ1n) is 11.3. The van der Waals surface area contributed by atoms with Gasteiger partial charge >= 0.3 is 0 Å². The van der Waals surface area contributed by atoms with Crippen LogP contribution in [0.2, 0.25) is 5.02 Å². The molecule has 0 spiro atoms. The molecular formula is C25H24ClN9O. The number of aromatic nitrogens is 7. The van der Waals surface area contributed by atoms with Crippen LogP contribution < -0.4 is 16.6 Å². The van der Waals surface area contributed by atoms with Gasteiger partial charge in [-0.1, -0.05) is 35.9 Å². The van der Waals surface area contributed by atoms with E-state index in [9.17, 15) is 4.79 Å². The van der Waals surface area contributed by atoms with Gasteiger partial charge in [0.1, 0.15) is 12.1 Å². The molecule has 0 saturated heterocycles. The number of benzene rings is 1. The van der Waals surface area contributed by atoms with E-state index in [1.54, 1.807) is 6.07 Å². The number of nitrogens with one attached hydrogen (secondary N) is 2. The van der Waals surface area contributed by atoms with Gasteiger partial charge in [0.2, 0.25) is 11.5 Å². The van der Waals surface area contributed by atoms with Crippen LogP contribution in [-0.2, 0) is 19.5 Å². The summed E-state index contributed by atoms with van der Waals surface area (Å²) in [5.74, 6) is 0.956. The van der Waals surface area contributed by atoms with Gasteiger partial charge in [0.25, 0.3) is 0 Å². The molecule has 4 heterocycles. The van der Waals surface area contributed by atoms with Crippen molar-refractivity contribution in [3.8, 4) is 0 Å². The standard InChI is InChI=1S/C25H24ClN9O/c1-14-18(15(2)32-25(27)31-14)10-28-23-19-12-35(34-24(19)30-13-29-23)11-17-5-3-16(4-6-17)9-21-20(26)7-8-22(36)33-21/h3-8,12-13H,9-11H2,1-2H3,(H,33,36)(H2,27,31,32)(H,28,29,30,34). The van der Waals surface area contributed by atoms with Crippen molar-refractivity contribution in [1.29, 1.82) is 0 Å². The Morgan fingerprint density at radius 1 is 1.03 bits per heavy atom. The first kappa shape index (κ1) is 23.4. The van der Waals surface area contributed by atoms with E-state index in [2.05, 4.69) is 35.3 Å². The number of pyridine rings is 1. The van der Waals surface area contributed by atoms with Crippen LogP contribution >= 0.6 is 11.6 Å². The van der Waals surface area contributed by atoms with Crippen LogP contribution in [0.25, 0.3) is 11.0 Å². The molecular weight excluding hydrogens is 478 g/mol. The van der Waals surface area contributed by atoms with Crippen molar-refractivity contribution < 1.29 is 0 Å². The molecule has 0 bridgehead atoms. The fraction of sp³-hybridized carbons (Fsp3) is 0.200. The maximum Gasteiger partial charge on any atom is 0.248 e. The topological polar surface area (TPSA) is 140 Å². The number of fused-ring (bicyclic) bond motifs is 1. The Morgan fingerprint density at radius 3 is 2.50 bits per heavy atom. The Hall–Kier alpha value is -4.31. The molecule has 0 radical (unpaired) electrons. The van der Waals surface area contributed by atoms with Crippen molar-refractivity contribution in [3.05, 3.63) is 98.1 Å². The van der Waals surface area contributed by atoms with E-state index in [1.807, 2.05) is 49.0 Å². The van der Waals surface area contributed by atoms with Gasteiger partial charge in [0.05, 0.1) is 17.0 Å². The minimum atomic E-state index is -0.166. The predicted molar refractivity (Wildman–Crippen MR) is 139 cm³/mol. The van der Waals surface area contributed by atoms with Crippen molar-refractivity contribution in [3.63, 3.8) is 0 Å². The Balaban J connectivity index is 1.31. The number of hydrogen-bond acceptors (Lipinski definition) is 8. The molecule has 1 aromatic carbocycles. The van der Waals surface area contributed by atoms with E-state index in [0.29, 0.717) is 41.7 Å². The highest BCUT2D eigenvalue weighted by Gasteiger charge is 2.12. The van der Waals surface area contributed by atoms with Crippen molar-refractivity contribution >= 4 is 34.4 Å². The van der Waals surface area contributed by atoms with E-state index in [0.717, 1.165) is 33.5 Å². The van der Waals surface area contributed by atoms with Crippen LogP contribution in [0, 0.1) is 13.8 Å². The predicted octanol–water partition coefficient (Wildman–Crippen LogP) is 3.41. The van der Waals surface area contributed by atoms with Gasteiger partial charge in [-0.25, -0.2) is 19.9 Å². The first-order valence-corrected chi connectivity index (χ1v) is 11.7. The van der Waals surface area contributed by atoms with E-state index in [-0.39, 0.29) is 11.5 Å². The number of nitrogen functional groups attached to an aromatic ring is 1. The monoisotopic (exact) mass is 501 g/mol. The summed E-state index contributed by atoms with van der Waals surface area (Å²) < 4.78 is 1.84. The number of nitrogens with zero attached hydrogens (tertiary/aromatic N) is 6. The highest BCUT2D eigenvalue weighted by Crippen LogP contribution is 2.21. The summed E-state index contributed by atoms with van der Waals surface area (Å²) in [5, 5.41) is 9.33. The Bertz CT molecular complexity index is 1590. The van der Waals surface area contributed by atoms with Crippen LogP contribution in [0.1, 0.15) is 33.8 Å². The molecule has 5 rings (SSSR count). The molecule has 0 fully saturated rings. The van der Waals surface area contributed by atoms with Gasteiger partial charge < -0.3 is 16.0 Å². The van der Waals surface area contributed by atoms with Gasteiger partial charge in [0.15, 0.2) is 5.65 Å². The first-order chi connectivity index (χ1) is 17.4. The maximum absolute atomic E-state index is 11.6. The fourth-order valence-corrected chi connectivity index (χ4v) is 4.26. The lowest BCUT2D eigenvalue weighted by molar-refractivity contribution is 0.693. The van der Waals surface area contributed by atoms with Gasteiger partial charge in [-0.3, -0.25) is 9.48 Å². The highest BCUT2D eigenvalue weighted by molar-refractivity contribution is 6.31. The summed E-state index contributed by atoms with van der Waals surface area (Å²) in [5.41, 5.74) is 11.6. The molecule has 10 nitrogen and oxygen atoms in total. The molecule has 0 atom stereocenters. The number of nitrogens with two attached hydrogens (primary N) is 1. The quantitative estimate of drug-likeness (QED) is 0.308. The number of aryl methyl sites for hydroxylation is 2. The van der Waals surface area contributed by atoms with Crippen LogP contribution in [0.4, 0.5) is 11.8 Å². The number of anilines is 2. The third-order valence-electron chi connectivity index (χ3n) is 5.93. The lowest BCUT2D eigenvalue weighted by Crippen LogP contribution is -2.10. The summed E-state index contributed by atoms with van der Waals surface area (Å²) in [4.78, 5) is 31.6. The van der Waals surface area contributed by atoms with Gasteiger partial charge in [0, 0.05) is 47.9 Å². The van der Waals surface area contributed by atoms with Crippen LogP contribution in [0.15, 0.2) is 53.7 Å². The molecule has 182 valence electrons. The van der Waals surface area contributed by atoms with E-state index >= 15 is 0 Å². The average Bonchev–Trinajstić information content (AvgIpc) is 3.25. The smallest absolute Gasteiger partial charge is 0.248 e. The van der Waals surface area contributed by atoms with Crippen LogP contribution in [-0.4, -0.2) is 34.7 Å². The second-order valence-corrected chi connectivity index (χ2v) is 8.92. The molecule has 0 aliphatic rings. The lowest BCUT2D eigenvalue weighted by atomic mass is 10.1. The molecule has 4 aromatic heterocycles. The van der Waals surface area contributed by atoms with Crippen molar-refractivity contribution in [2.24, 2.45) is 0 Å². The molecule has 36 heavy (non-hydrogen) atoms. The van der Waals surface area contributed by atoms with E-state index in [1.165, 1.54) is 12.4 Å². The molecule has 0 aliphatic heterocycles. The van der Waals surface area contributed by atoms with Crippen molar-refractivity contribution in [2.45, 2.75) is 33.4 Å². The Morgan fingerprint density at radius 2 is 1.75 bits per heavy atom. The van der Waals surface area contributed by atoms with Gasteiger partial charge in [-0.05, 0) is 31.0 Å². The summed E-state index contributed by atoms with van der Waals surface area (Å²) in [6.07, 6.45) is 3.97. The fourth-order valence-electron chi connectivity index (χ4n) is 4.08. The van der Waals surface area contributed by atoms with Gasteiger partial charge in [-0.15, -0.1) is 0 Å². The van der Waals surface area contributed by atoms with E-state index < -0.39 is 0 Å². The minimum Gasteiger partial charge on any atom is -0.368 e. The third-order valence-corrected chi connectivity index (χ3v) is 6.28. The largest absolute Gasteiger partial charge is 0.368 e. The normalized spacial score (nSPS) is 11.2. The second kappa shape index (κ2) is 9.74. The molecule has 5 aromatic rings. The molecule has 0 saturated carbocycles. The number of rotatable bonds is 7. The van der Waals surface area contributed by atoms with Crippen molar-refractivity contribution in [1.82, 2.24) is 34.7 Å². The molecule has 0 unspecified atom stereocenters. The maximum atomic E-state index is 11.6. The Labute approximate surface area is 211 Å². The number of aromatic amines is 1. The van der Waals surface area contributed by atoms with Gasteiger partial charge in [-0.2, -0.15) is 5.10 Å². The van der Waals surface area contributed by atoms with E-state index in [4.69, 9.17) is 17.3 Å². The van der Waals surface area contributed by atoms with Crippen molar-refractivity contribution in [2.75, 3.05) is 11.1 Å². The summed E-state index contributed by atoms with van der Waals surface area (Å²) in [6, 6.07) is 11.1. The summed E-state index contributed by atoms with van der Waals surface area (Å²) in [7, 11) is 0. The zero-order chi connectivity index (χ0) is 25.2. The second-order valence-electron chi connectivity index (χ2n) is 8.51. The summed E-state index contributed by atoms with van der Waals surface area (Å²) >= 11 is 6.21. The third kappa shape index (κ3) is 5.03. The number of hydrogen-bond donors (Lipinski definition) is 3. The number of H-pyrrole nitrogens is 1. The highest BCUT2D eigenvalue weighted by atomic mass is 35.5. The average molecular weight is 502 g/mol. The molecule has 0 amide bonds. The molecule has 0 aliphatic carbocycles.